The molecule has 3 unspecified atom stereocenters. The second kappa shape index (κ2) is 8.65. The number of halogens is 1. The van der Waals surface area contributed by atoms with Crippen LogP contribution in [-0.2, 0) is 20.7 Å². The highest BCUT2D eigenvalue weighted by Gasteiger charge is 2.42. The van der Waals surface area contributed by atoms with E-state index in [0.29, 0.717) is 31.9 Å². The van der Waals surface area contributed by atoms with Gasteiger partial charge in [-0.3, -0.25) is 9.59 Å². The standard InChI is InChI=1S/C21H28FNO3/c1-2-26-21(25)18-5-3-4-16-12-13-23(14-19(16)18)20(24)11-8-15-6-9-17(22)10-7-15/h6-7,9-10,16,18-19H,2-5,8,11-14H2,1H3. The Balaban J connectivity index is 1.58. The summed E-state index contributed by atoms with van der Waals surface area (Å²) in [6.07, 6.45) is 5.11. The van der Waals surface area contributed by atoms with Crippen LogP contribution in [0.4, 0.5) is 4.39 Å². The molecule has 0 spiro atoms. The summed E-state index contributed by atoms with van der Waals surface area (Å²) >= 11 is 0. The minimum atomic E-state index is -0.260. The molecule has 1 saturated carbocycles. The summed E-state index contributed by atoms with van der Waals surface area (Å²) < 4.78 is 18.2. The number of piperidine rings is 1. The average Bonchev–Trinajstić information content (AvgIpc) is 2.66. The first-order valence-corrected chi connectivity index (χ1v) is 9.77. The molecule has 3 atom stereocenters. The van der Waals surface area contributed by atoms with Gasteiger partial charge in [0.15, 0.2) is 0 Å². The maximum atomic E-state index is 13.0. The zero-order chi connectivity index (χ0) is 18.5. The minimum absolute atomic E-state index is 0.0681. The summed E-state index contributed by atoms with van der Waals surface area (Å²) in [6, 6.07) is 6.31. The van der Waals surface area contributed by atoms with Crippen molar-refractivity contribution in [1.82, 2.24) is 4.90 Å². The topological polar surface area (TPSA) is 46.6 Å². The highest BCUT2D eigenvalue weighted by atomic mass is 19.1. The third-order valence-electron chi connectivity index (χ3n) is 5.90. The predicted octanol–water partition coefficient (Wildman–Crippen LogP) is 3.59. The molecule has 2 aliphatic rings. The largest absolute Gasteiger partial charge is 0.466 e. The molecule has 1 aromatic carbocycles. The van der Waals surface area contributed by atoms with Crippen molar-refractivity contribution in [2.24, 2.45) is 17.8 Å². The molecule has 26 heavy (non-hydrogen) atoms. The van der Waals surface area contributed by atoms with E-state index in [4.69, 9.17) is 4.74 Å². The van der Waals surface area contributed by atoms with Crippen molar-refractivity contribution < 1.29 is 18.7 Å². The number of hydrogen-bond acceptors (Lipinski definition) is 3. The summed E-state index contributed by atoms with van der Waals surface area (Å²) in [6.45, 7) is 3.69. The van der Waals surface area contributed by atoms with Gasteiger partial charge in [0.25, 0.3) is 0 Å². The normalized spacial score (nSPS) is 25.5. The number of esters is 1. The highest BCUT2D eigenvalue weighted by Crippen LogP contribution is 2.40. The second-order valence-corrected chi connectivity index (χ2v) is 7.47. The van der Waals surface area contributed by atoms with Gasteiger partial charge in [-0.25, -0.2) is 4.39 Å². The van der Waals surface area contributed by atoms with Gasteiger partial charge in [-0.15, -0.1) is 0 Å². The van der Waals surface area contributed by atoms with Crippen molar-refractivity contribution >= 4 is 11.9 Å². The van der Waals surface area contributed by atoms with Gasteiger partial charge in [0.1, 0.15) is 5.82 Å². The van der Waals surface area contributed by atoms with Crippen LogP contribution < -0.4 is 0 Å². The van der Waals surface area contributed by atoms with Crippen LogP contribution in [0.15, 0.2) is 24.3 Å². The fraction of sp³-hybridized carbons (Fsp3) is 0.619. The molecule has 4 nitrogen and oxygen atoms in total. The summed E-state index contributed by atoms with van der Waals surface area (Å²) in [5, 5.41) is 0. The number of benzene rings is 1. The number of nitrogens with zero attached hydrogens (tertiary/aromatic N) is 1. The first kappa shape index (κ1) is 18.9. The van der Waals surface area contributed by atoms with Gasteiger partial charge in [0.2, 0.25) is 5.91 Å². The lowest BCUT2D eigenvalue weighted by Crippen LogP contribution is -2.49. The lowest BCUT2D eigenvalue weighted by atomic mass is 9.68. The Labute approximate surface area is 154 Å². The lowest BCUT2D eigenvalue weighted by molar-refractivity contribution is -0.155. The molecular formula is C21H28FNO3. The zero-order valence-electron chi connectivity index (χ0n) is 15.5. The first-order valence-electron chi connectivity index (χ1n) is 9.77. The van der Waals surface area contributed by atoms with E-state index in [1.807, 2.05) is 11.8 Å². The van der Waals surface area contributed by atoms with Gasteiger partial charge in [-0.1, -0.05) is 18.6 Å². The zero-order valence-corrected chi connectivity index (χ0v) is 15.5. The van der Waals surface area contributed by atoms with E-state index in [-0.39, 0.29) is 29.5 Å². The van der Waals surface area contributed by atoms with Gasteiger partial charge in [0.05, 0.1) is 12.5 Å². The number of rotatable bonds is 5. The molecular weight excluding hydrogens is 333 g/mol. The fourth-order valence-electron chi connectivity index (χ4n) is 4.49. The predicted molar refractivity (Wildman–Crippen MR) is 96.9 cm³/mol. The Morgan fingerprint density at radius 1 is 1.19 bits per heavy atom. The summed E-state index contributed by atoms with van der Waals surface area (Å²) in [4.78, 5) is 26.9. The van der Waals surface area contributed by atoms with E-state index in [9.17, 15) is 14.0 Å². The monoisotopic (exact) mass is 361 g/mol. The summed E-state index contributed by atoms with van der Waals surface area (Å²) in [5.74, 6) is 0.459. The van der Waals surface area contributed by atoms with Crippen LogP contribution in [0.25, 0.3) is 0 Å². The van der Waals surface area contributed by atoms with E-state index >= 15 is 0 Å². The van der Waals surface area contributed by atoms with Crippen molar-refractivity contribution in [1.29, 1.82) is 0 Å². The lowest BCUT2D eigenvalue weighted by Gasteiger charge is -2.44. The maximum Gasteiger partial charge on any atom is 0.309 e. The smallest absolute Gasteiger partial charge is 0.309 e. The number of carbonyl (C=O) groups excluding carboxylic acids is 2. The van der Waals surface area contributed by atoms with Gasteiger partial charge in [-0.05, 0) is 62.1 Å². The minimum Gasteiger partial charge on any atom is -0.466 e. The molecule has 1 aliphatic carbocycles. The number of fused-ring (bicyclic) bond motifs is 1. The number of ether oxygens (including phenoxy) is 1. The molecule has 1 aliphatic heterocycles. The van der Waals surface area contributed by atoms with Gasteiger partial charge in [0, 0.05) is 19.5 Å². The third-order valence-corrected chi connectivity index (χ3v) is 5.90. The highest BCUT2D eigenvalue weighted by molar-refractivity contribution is 5.77. The Morgan fingerprint density at radius 3 is 2.69 bits per heavy atom. The summed E-state index contributed by atoms with van der Waals surface area (Å²) in [5.41, 5.74) is 0.969. The van der Waals surface area contributed by atoms with E-state index < -0.39 is 0 Å². The molecule has 0 radical (unpaired) electrons. The van der Waals surface area contributed by atoms with Gasteiger partial charge < -0.3 is 9.64 Å². The molecule has 1 aromatic rings. The molecule has 142 valence electrons. The van der Waals surface area contributed by atoms with Crippen LogP contribution in [0.3, 0.4) is 0 Å². The number of hydrogen-bond donors (Lipinski definition) is 0. The van der Waals surface area contributed by atoms with Crippen LogP contribution in [0.2, 0.25) is 0 Å². The van der Waals surface area contributed by atoms with Crippen molar-refractivity contribution in [3.8, 4) is 0 Å². The Morgan fingerprint density at radius 2 is 1.96 bits per heavy atom. The average molecular weight is 361 g/mol. The van der Waals surface area contributed by atoms with Crippen molar-refractivity contribution in [3.05, 3.63) is 35.6 Å². The van der Waals surface area contributed by atoms with Crippen molar-refractivity contribution in [2.75, 3.05) is 19.7 Å². The van der Waals surface area contributed by atoms with Crippen LogP contribution in [0.5, 0.6) is 0 Å². The molecule has 1 saturated heterocycles. The maximum absolute atomic E-state index is 13.0. The number of amides is 1. The van der Waals surface area contributed by atoms with Crippen molar-refractivity contribution in [2.45, 2.75) is 45.4 Å². The number of aryl methyl sites for hydroxylation is 1. The first-order chi connectivity index (χ1) is 12.6. The quantitative estimate of drug-likeness (QED) is 0.753. The molecule has 1 amide bonds. The number of carbonyl (C=O) groups is 2. The van der Waals surface area contributed by atoms with Gasteiger partial charge in [-0.2, -0.15) is 0 Å². The molecule has 0 aromatic heterocycles. The van der Waals surface area contributed by atoms with Gasteiger partial charge >= 0.3 is 5.97 Å². The molecule has 0 N–H and O–H groups in total. The van der Waals surface area contributed by atoms with Crippen LogP contribution in [0.1, 0.15) is 44.6 Å². The van der Waals surface area contributed by atoms with E-state index in [2.05, 4.69) is 0 Å². The van der Waals surface area contributed by atoms with E-state index in [1.165, 1.54) is 12.1 Å². The second-order valence-electron chi connectivity index (χ2n) is 7.47. The van der Waals surface area contributed by atoms with E-state index in [0.717, 1.165) is 37.8 Å². The molecule has 2 fully saturated rings. The number of likely N-dealkylation sites (tertiary alicyclic amines) is 1. The van der Waals surface area contributed by atoms with Crippen LogP contribution in [0, 0.1) is 23.6 Å². The fourth-order valence-corrected chi connectivity index (χ4v) is 4.49. The Hall–Kier alpha value is -1.91. The molecule has 5 heteroatoms. The van der Waals surface area contributed by atoms with Crippen molar-refractivity contribution in [3.63, 3.8) is 0 Å². The van der Waals surface area contributed by atoms with E-state index in [1.54, 1.807) is 12.1 Å². The SMILES string of the molecule is CCOC(=O)C1CCCC2CCN(C(=O)CCc3ccc(F)cc3)CC21. The van der Waals surface area contributed by atoms with Crippen LogP contribution in [-0.4, -0.2) is 36.5 Å². The van der Waals surface area contributed by atoms with Crippen LogP contribution >= 0.6 is 0 Å². The summed E-state index contributed by atoms with van der Waals surface area (Å²) in [7, 11) is 0. The Bertz CT molecular complexity index is 631. The molecule has 3 rings (SSSR count). The molecule has 0 bridgehead atoms. The third kappa shape index (κ3) is 4.43. The molecule has 1 heterocycles. The Kier molecular flexibility index (Phi) is 6.28.